The van der Waals surface area contributed by atoms with Crippen LogP contribution >= 0.6 is 11.3 Å². The second kappa shape index (κ2) is 6.95. The van der Waals surface area contributed by atoms with Crippen molar-refractivity contribution in [2.24, 2.45) is 0 Å². The number of hydrogen-bond acceptors (Lipinski definition) is 4. The fraction of sp³-hybridized carbons (Fsp3) is 0.500. The number of aryl methyl sites for hydroxylation is 1. The minimum Gasteiger partial charge on any atom is -0.312 e. The SMILES string of the molecule is CCCNCc1sc(-c2cnccc2C)nc1C(C)C. The molecule has 0 radical (unpaired) electrons. The van der Waals surface area contributed by atoms with Gasteiger partial charge in [0.1, 0.15) is 5.01 Å². The zero-order chi connectivity index (χ0) is 14.5. The third-order valence-corrected chi connectivity index (χ3v) is 4.36. The maximum absolute atomic E-state index is 4.86. The molecule has 3 nitrogen and oxygen atoms in total. The minimum atomic E-state index is 0.454. The molecule has 0 unspecified atom stereocenters. The van der Waals surface area contributed by atoms with Gasteiger partial charge in [0.15, 0.2) is 0 Å². The topological polar surface area (TPSA) is 37.8 Å². The van der Waals surface area contributed by atoms with Crippen LogP contribution in [0.1, 0.15) is 49.2 Å². The van der Waals surface area contributed by atoms with E-state index in [0.717, 1.165) is 30.1 Å². The normalized spacial score (nSPS) is 11.2. The molecule has 2 heterocycles. The fourth-order valence-electron chi connectivity index (χ4n) is 2.12. The predicted molar refractivity (Wildman–Crippen MR) is 86.2 cm³/mol. The number of rotatable bonds is 6. The van der Waals surface area contributed by atoms with Gasteiger partial charge in [-0.2, -0.15) is 0 Å². The van der Waals surface area contributed by atoms with Crippen LogP contribution in [0.5, 0.6) is 0 Å². The molecule has 0 spiro atoms. The molecular weight excluding hydrogens is 266 g/mol. The number of nitrogens with zero attached hydrogens (tertiary/aromatic N) is 2. The summed E-state index contributed by atoms with van der Waals surface area (Å²) in [6, 6.07) is 2.04. The van der Waals surface area contributed by atoms with E-state index in [1.54, 1.807) is 11.3 Å². The summed E-state index contributed by atoms with van der Waals surface area (Å²) in [5.74, 6) is 0.454. The highest BCUT2D eigenvalue weighted by molar-refractivity contribution is 7.15. The highest BCUT2D eigenvalue weighted by Crippen LogP contribution is 2.32. The number of pyridine rings is 1. The van der Waals surface area contributed by atoms with Gasteiger partial charge >= 0.3 is 0 Å². The molecule has 2 aromatic rings. The number of aromatic nitrogens is 2. The van der Waals surface area contributed by atoms with Crippen LogP contribution in [0.4, 0.5) is 0 Å². The second-order valence-corrected chi connectivity index (χ2v) is 6.43. The number of hydrogen-bond donors (Lipinski definition) is 1. The molecular formula is C16H23N3S. The number of thiazole rings is 1. The van der Waals surface area contributed by atoms with Crippen molar-refractivity contribution < 1.29 is 0 Å². The van der Waals surface area contributed by atoms with E-state index in [1.807, 2.05) is 18.5 Å². The van der Waals surface area contributed by atoms with Crippen molar-refractivity contribution >= 4 is 11.3 Å². The molecule has 4 heteroatoms. The predicted octanol–water partition coefficient (Wildman–Crippen LogP) is 4.14. The molecule has 0 fully saturated rings. The summed E-state index contributed by atoms with van der Waals surface area (Å²) in [5.41, 5.74) is 3.61. The first-order chi connectivity index (χ1) is 9.63. The van der Waals surface area contributed by atoms with Crippen LogP contribution in [-0.2, 0) is 6.54 Å². The monoisotopic (exact) mass is 289 g/mol. The highest BCUT2D eigenvalue weighted by atomic mass is 32.1. The summed E-state index contributed by atoms with van der Waals surface area (Å²) in [6.07, 6.45) is 4.91. The lowest BCUT2D eigenvalue weighted by Crippen LogP contribution is -2.14. The Labute approximate surface area is 125 Å². The Bertz CT molecular complexity index is 561. The third-order valence-electron chi connectivity index (χ3n) is 3.26. The van der Waals surface area contributed by atoms with E-state index in [2.05, 4.69) is 38.0 Å². The smallest absolute Gasteiger partial charge is 0.125 e. The van der Waals surface area contributed by atoms with Gasteiger partial charge in [-0.05, 0) is 37.4 Å². The fourth-order valence-corrected chi connectivity index (χ4v) is 3.38. The van der Waals surface area contributed by atoms with Crippen molar-refractivity contribution in [1.29, 1.82) is 0 Å². The van der Waals surface area contributed by atoms with Crippen molar-refractivity contribution in [3.8, 4) is 10.6 Å². The largest absolute Gasteiger partial charge is 0.312 e. The van der Waals surface area contributed by atoms with E-state index in [4.69, 9.17) is 4.98 Å². The molecule has 2 rings (SSSR count). The van der Waals surface area contributed by atoms with Gasteiger partial charge in [0.2, 0.25) is 0 Å². The molecule has 0 saturated heterocycles. The first-order valence-corrected chi connectivity index (χ1v) is 8.06. The Morgan fingerprint density at radius 2 is 2.15 bits per heavy atom. The molecule has 0 amide bonds. The summed E-state index contributed by atoms with van der Waals surface area (Å²) in [7, 11) is 0. The van der Waals surface area contributed by atoms with Gasteiger partial charge in [0.25, 0.3) is 0 Å². The quantitative estimate of drug-likeness (QED) is 0.812. The molecule has 108 valence electrons. The van der Waals surface area contributed by atoms with Crippen LogP contribution in [0.3, 0.4) is 0 Å². The van der Waals surface area contributed by atoms with Crippen molar-refractivity contribution in [1.82, 2.24) is 15.3 Å². The van der Waals surface area contributed by atoms with Crippen molar-refractivity contribution in [2.75, 3.05) is 6.54 Å². The van der Waals surface area contributed by atoms with Gasteiger partial charge in [0.05, 0.1) is 5.69 Å². The molecule has 0 aliphatic heterocycles. The highest BCUT2D eigenvalue weighted by Gasteiger charge is 2.16. The maximum Gasteiger partial charge on any atom is 0.125 e. The summed E-state index contributed by atoms with van der Waals surface area (Å²) in [6.45, 7) is 10.7. The Kier molecular flexibility index (Phi) is 5.26. The lowest BCUT2D eigenvalue weighted by atomic mass is 10.1. The van der Waals surface area contributed by atoms with E-state index in [1.165, 1.54) is 16.1 Å². The van der Waals surface area contributed by atoms with E-state index < -0.39 is 0 Å². The van der Waals surface area contributed by atoms with Crippen LogP contribution in [0, 0.1) is 6.92 Å². The zero-order valence-corrected chi connectivity index (χ0v) is 13.5. The van der Waals surface area contributed by atoms with Crippen LogP contribution in [0.25, 0.3) is 10.6 Å². The summed E-state index contributed by atoms with van der Waals surface area (Å²) >= 11 is 1.79. The molecule has 20 heavy (non-hydrogen) atoms. The summed E-state index contributed by atoms with van der Waals surface area (Å²) < 4.78 is 0. The Hall–Kier alpha value is -1.26. The molecule has 1 N–H and O–H groups in total. The molecule has 0 saturated carbocycles. The Balaban J connectivity index is 2.31. The average molecular weight is 289 g/mol. The average Bonchev–Trinajstić information content (AvgIpc) is 2.84. The Morgan fingerprint density at radius 3 is 2.80 bits per heavy atom. The van der Waals surface area contributed by atoms with Gasteiger partial charge in [-0.15, -0.1) is 11.3 Å². The molecule has 0 atom stereocenters. The van der Waals surface area contributed by atoms with Crippen LogP contribution in [0.2, 0.25) is 0 Å². The molecule has 2 aromatic heterocycles. The first-order valence-electron chi connectivity index (χ1n) is 7.24. The van der Waals surface area contributed by atoms with E-state index in [0.29, 0.717) is 5.92 Å². The van der Waals surface area contributed by atoms with Gasteiger partial charge < -0.3 is 5.32 Å². The Morgan fingerprint density at radius 1 is 1.35 bits per heavy atom. The molecule has 0 aliphatic carbocycles. The third kappa shape index (κ3) is 3.44. The van der Waals surface area contributed by atoms with Gasteiger partial charge in [-0.1, -0.05) is 20.8 Å². The number of nitrogens with one attached hydrogen (secondary N) is 1. The molecule has 0 aromatic carbocycles. The van der Waals surface area contributed by atoms with Crippen LogP contribution < -0.4 is 5.32 Å². The minimum absolute atomic E-state index is 0.454. The lowest BCUT2D eigenvalue weighted by molar-refractivity contribution is 0.670. The van der Waals surface area contributed by atoms with E-state index >= 15 is 0 Å². The zero-order valence-electron chi connectivity index (χ0n) is 12.7. The second-order valence-electron chi connectivity index (χ2n) is 5.35. The van der Waals surface area contributed by atoms with Crippen molar-refractivity contribution in [3.05, 3.63) is 34.6 Å². The van der Waals surface area contributed by atoms with Crippen LogP contribution in [-0.4, -0.2) is 16.5 Å². The molecule has 0 aliphatic rings. The van der Waals surface area contributed by atoms with Crippen molar-refractivity contribution in [3.63, 3.8) is 0 Å². The first kappa shape index (κ1) is 15.1. The molecule has 0 bridgehead atoms. The van der Waals surface area contributed by atoms with Gasteiger partial charge in [-0.3, -0.25) is 4.98 Å². The van der Waals surface area contributed by atoms with E-state index in [9.17, 15) is 0 Å². The maximum atomic E-state index is 4.86. The van der Waals surface area contributed by atoms with Gasteiger partial charge in [0, 0.05) is 29.4 Å². The standard InChI is InChI=1S/C16H23N3S/c1-5-7-17-10-14-15(11(2)3)19-16(20-14)13-9-18-8-6-12(13)4/h6,8-9,11,17H,5,7,10H2,1-4H3. The van der Waals surface area contributed by atoms with Crippen LogP contribution in [0.15, 0.2) is 18.5 Å². The van der Waals surface area contributed by atoms with E-state index in [-0.39, 0.29) is 0 Å². The lowest BCUT2D eigenvalue weighted by Gasteiger charge is -2.05. The van der Waals surface area contributed by atoms with Crippen molar-refractivity contribution in [2.45, 2.75) is 46.6 Å². The summed E-state index contributed by atoms with van der Waals surface area (Å²) in [5, 5.41) is 4.57. The summed E-state index contributed by atoms with van der Waals surface area (Å²) in [4.78, 5) is 10.4. The van der Waals surface area contributed by atoms with Gasteiger partial charge in [-0.25, -0.2) is 4.98 Å².